The highest BCUT2D eigenvalue weighted by atomic mass is 16.3. The number of hydrogen-bond donors (Lipinski definition) is 0. The van der Waals surface area contributed by atoms with Gasteiger partial charge in [-0.25, -0.2) is 4.98 Å². The van der Waals surface area contributed by atoms with Gasteiger partial charge >= 0.3 is 0 Å². The van der Waals surface area contributed by atoms with Crippen LogP contribution in [0.2, 0.25) is 0 Å². The minimum atomic E-state index is 0.784. The van der Waals surface area contributed by atoms with Crippen LogP contribution in [0.5, 0.6) is 0 Å². The minimum absolute atomic E-state index is 0.784. The van der Waals surface area contributed by atoms with Crippen LogP contribution in [0.4, 0.5) is 0 Å². The average Bonchev–Trinajstić information content (AvgIpc) is 2.65. The molecule has 0 radical (unpaired) electrons. The molecule has 2 aromatic heterocycles. The molecule has 13 heavy (non-hydrogen) atoms. The fourth-order valence-corrected chi connectivity index (χ4v) is 1.47. The van der Waals surface area contributed by atoms with Crippen LogP contribution in [-0.2, 0) is 0 Å². The summed E-state index contributed by atoms with van der Waals surface area (Å²) >= 11 is 0. The van der Waals surface area contributed by atoms with Crippen molar-refractivity contribution in [3.05, 3.63) is 36.9 Å². The molecule has 3 aromatic rings. The molecule has 2 heterocycles. The van der Waals surface area contributed by atoms with Crippen molar-refractivity contribution in [2.75, 3.05) is 0 Å². The van der Waals surface area contributed by atoms with E-state index in [4.69, 9.17) is 4.42 Å². The van der Waals surface area contributed by atoms with Gasteiger partial charge in [0, 0.05) is 11.6 Å². The van der Waals surface area contributed by atoms with Gasteiger partial charge in [0.2, 0.25) is 0 Å². The largest absolute Gasteiger partial charge is 0.443 e. The quantitative estimate of drug-likeness (QED) is 0.520. The summed E-state index contributed by atoms with van der Waals surface area (Å²) in [6, 6.07) is 7.81. The number of pyridine rings is 1. The van der Waals surface area contributed by atoms with E-state index < -0.39 is 0 Å². The second kappa shape index (κ2) is 2.29. The van der Waals surface area contributed by atoms with E-state index in [0.717, 1.165) is 22.0 Å². The third-order valence-electron chi connectivity index (χ3n) is 2.07. The maximum absolute atomic E-state index is 5.17. The summed E-state index contributed by atoms with van der Waals surface area (Å²) in [5, 5.41) is 1.09. The molecule has 0 bridgehead atoms. The molecule has 3 nitrogen and oxygen atoms in total. The van der Waals surface area contributed by atoms with Crippen LogP contribution < -0.4 is 0 Å². The molecule has 0 amide bonds. The predicted octanol–water partition coefficient (Wildman–Crippen LogP) is 2.38. The molecule has 0 atom stereocenters. The van der Waals surface area contributed by atoms with Gasteiger partial charge in [-0.15, -0.1) is 0 Å². The Labute approximate surface area is 74.0 Å². The first-order chi connectivity index (χ1) is 6.45. The Hall–Kier alpha value is -1.90. The first-order valence-corrected chi connectivity index (χ1v) is 4.02. The first-order valence-electron chi connectivity index (χ1n) is 4.02. The number of nitrogens with zero attached hydrogens (tertiary/aromatic N) is 2. The summed E-state index contributed by atoms with van der Waals surface area (Å²) in [7, 11) is 0. The lowest BCUT2D eigenvalue weighted by atomic mass is 10.2. The van der Waals surface area contributed by atoms with Crippen LogP contribution in [-0.4, -0.2) is 9.97 Å². The monoisotopic (exact) mass is 170 g/mol. The lowest BCUT2D eigenvalue weighted by Crippen LogP contribution is -1.78. The van der Waals surface area contributed by atoms with E-state index in [1.54, 1.807) is 6.20 Å². The van der Waals surface area contributed by atoms with Gasteiger partial charge in [0.15, 0.2) is 12.0 Å². The molecule has 3 heteroatoms. The number of benzene rings is 1. The van der Waals surface area contributed by atoms with Gasteiger partial charge in [0.25, 0.3) is 0 Å². The lowest BCUT2D eigenvalue weighted by Gasteiger charge is -1.94. The molecule has 1 aromatic carbocycles. The van der Waals surface area contributed by atoms with Crippen LogP contribution in [0.3, 0.4) is 0 Å². The second-order valence-corrected chi connectivity index (χ2v) is 2.84. The molecule has 0 aliphatic heterocycles. The van der Waals surface area contributed by atoms with E-state index in [2.05, 4.69) is 9.97 Å². The predicted molar refractivity (Wildman–Crippen MR) is 49.3 cm³/mol. The van der Waals surface area contributed by atoms with Crippen LogP contribution in [0.1, 0.15) is 0 Å². The summed E-state index contributed by atoms with van der Waals surface area (Å²) in [4.78, 5) is 8.38. The van der Waals surface area contributed by atoms with Crippen molar-refractivity contribution >= 4 is 22.0 Å². The third-order valence-corrected chi connectivity index (χ3v) is 2.07. The van der Waals surface area contributed by atoms with Gasteiger partial charge in [0.1, 0.15) is 5.52 Å². The molecule has 3 rings (SSSR count). The number of oxazole rings is 1. The van der Waals surface area contributed by atoms with Crippen LogP contribution in [0, 0.1) is 0 Å². The zero-order chi connectivity index (χ0) is 8.67. The van der Waals surface area contributed by atoms with Gasteiger partial charge in [0.05, 0.1) is 5.52 Å². The summed E-state index contributed by atoms with van der Waals surface area (Å²) in [5.74, 6) is 0. The Morgan fingerprint density at radius 2 is 2.00 bits per heavy atom. The molecule has 0 N–H and O–H groups in total. The maximum Gasteiger partial charge on any atom is 0.182 e. The summed E-state index contributed by atoms with van der Waals surface area (Å²) in [6.07, 6.45) is 3.20. The van der Waals surface area contributed by atoms with E-state index in [1.807, 2.05) is 24.3 Å². The standard InChI is InChI=1S/C10H6N2O/c1-2-7-3-4-8-10(12-6-13-8)9(7)11-5-1/h1-6H. The Morgan fingerprint density at radius 1 is 1.00 bits per heavy atom. The molecule has 0 saturated carbocycles. The van der Waals surface area contributed by atoms with Gasteiger partial charge in [-0.3, -0.25) is 4.98 Å². The van der Waals surface area contributed by atoms with E-state index in [9.17, 15) is 0 Å². The van der Waals surface area contributed by atoms with Gasteiger partial charge in [-0.2, -0.15) is 0 Å². The topological polar surface area (TPSA) is 38.9 Å². The highest BCUT2D eigenvalue weighted by molar-refractivity contribution is 6.00. The Balaban J connectivity index is 2.65. The number of fused-ring (bicyclic) bond motifs is 3. The summed E-state index contributed by atoms with van der Waals surface area (Å²) in [5.41, 5.74) is 2.51. The van der Waals surface area contributed by atoms with Gasteiger partial charge < -0.3 is 4.42 Å². The van der Waals surface area contributed by atoms with Gasteiger partial charge in [-0.05, 0) is 18.2 Å². The lowest BCUT2D eigenvalue weighted by molar-refractivity contribution is 0.602. The van der Waals surface area contributed by atoms with Crippen molar-refractivity contribution < 1.29 is 4.42 Å². The first kappa shape index (κ1) is 6.60. The van der Waals surface area contributed by atoms with Crippen molar-refractivity contribution in [1.29, 1.82) is 0 Å². The fourth-order valence-electron chi connectivity index (χ4n) is 1.47. The molecule has 62 valence electrons. The fraction of sp³-hybridized carbons (Fsp3) is 0. The third kappa shape index (κ3) is 0.839. The number of rotatable bonds is 0. The smallest absolute Gasteiger partial charge is 0.182 e. The molecule has 0 fully saturated rings. The SMILES string of the molecule is c1cnc2c(c1)ccc1ocnc12. The highest BCUT2D eigenvalue weighted by Crippen LogP contribution is 2.21. The van der Waals surface area contributed by atoms with Crippen molar-refractivity contribution in [3.8, 4) is 0 Å². The van der Waals surface area contributed by atoms with E-state index in [-0.39, 0.29) is 0 Å². The molecular formula is C10H6N2O. The van der Waals surface area contributed by atoms with Crippen LogP contribution in [0.15, 0.2) is 41.3 Å². The van der Waals surface area contributed by atoms with Crippen molar-refractivity contribution in [2.24, 2.45) is 0 Å². The molecule has 0 aliphatic rings. The molecular weight excluding hydrogens is 164 g/mol. The Kier molecular flexibility index (Phi) is 1.16. The second-order valence-electron chi connectivity index (χ2n) is 2.84. The number of hydrogen-bond acceptors (Lipinski definition) is 3. The molecule has 0 saturated heterocycles. The average molecular weight is 170 g/mol. The molecule has 0 aliphatic carbocycles. The van der Waals surface area contributed by atoms with Crippen molar-refractivity contribution in [3.63, 3.8) is 0 Å². The minimum Gasteiger partial charge on any atom is -0.443 e. The van der Waals surface area contributed by atoms with Gasteiger partial charge in [-0.1, -0.05) is 6.07 Å². The van der Waals surface area contributed by atoms with E-state index in [1.165, 1.54) is 6.39 Å². The maximum atomic E-state index is 5.17. The van der Waals surface area contributed by atoms with Crippen LogP contribution >= 0.6 is 0 Å². The number of aromatic nitrogens is 2. The summed E-state index contributed by atoms with van der Waals surface area (Å²) in [6.45, 7) is 0. The molecule has 0 spiro atoms. The zero-order valence-electron chi connectivity index (χ0n) is 6.77. The molecule has 0 unspecified atom stereocenters. The van der Waals surface area contributed by atoms with E-state index in [0.29, 0.717) is 0 Å². The van der Waals surface area contributed by atoms with Crippen molar-refractivity contribution in [2.45, 2.75) is 0 Å². The zero-order valence-corrected chi connectivity index (χ0v) is 6.77. The van der Waals surface area contributed by atoms with Crippen molar-refractivity contribution in [1.82, 2.24) is 9.97 Å². The van der Waals surface area contributed by atoms with E-state index >= 15 is 0 Å². The van der Waals surface area contributed by atoms with Crippen LogP contribution in [0.25, 0.3) is 22.0 Å². The normalized spacial score (nSPS) is 11.1. The Bertz CT molecular complexity index is 571. The summed E-state index contributed by atoms with van der Waals surface area (Å²) < 4.78 is 5.17. The Morgan fingerprint density at radius 3 is 3.00 bits per heavy atom. The highest BCUT2D eigenvalue weighted by Gasteiger charge is 2.03.